The van der Waals surface area contributed by atoms with Gasteiger partial charge in [-0.25, -0.2) is 4.39 Å². The topological polar surface area (TPSA) is 55.2 Å². The first-order valence-electron chi connectivity index (χ1n) is 6.21. The summed E-state index contributed by atoms with van der Waals surface area (Å²) in [5, 5.41) is 14.0. The zero-order valence-electron chi connectivity index (χ0n) is 11.3. The average molecular weight is 274 g/mol. The number of nitro groups is 1. The number of hydrogen-bond acceptors (Lipinski definition) is 3. The van der Waals surface area contributed by atoms with Gasteiger partial charge in [0.1, 0.15) is 5.82 Å². The van der Waals surface area contributed by atoms with Gasteiger partial charge in [-0.1, -0.05) is 12.1 Å². The normalized spacial score (nSPS) is 10.3. The highest BCUT2D eigenvalue weighted by molar-refractivity contribution is 5.54. The van der Waals surface area contributed by atoms with Crippen LogP contribution in [-0.4, -0.2) is 4.92 Å². The fourth-order valence-electron chi connectivity index (χ4n) is 1.99. The summed E-state index contributed by atoms with van der Waals surface area (Å²) in [5.74, 6) is -0.478. The molecule has 1 N–H and O–H groups in total. The van der Waals surface area contributed by atoms with E-state index in [9.17, 15) is 14.5 Å². The Morgan fingerprint density at radius 1 is 1.20 bits per heavy atom. The van der Waals surface area contributed by atoms with Gasteiger partial charge in [0.2, 0.25) is 0 Å². The molecule has 0 aliphatic heterocycles. The lowest BCUT2D eigenvalue weighted by Gasteiger charge is -2.11. The summed E-state index contributed by atoms with van der Waals surface area (Å²) >= 11 is 0. The molecule has 0 unspecified atom stereocenters. The van der Waals surface area contributed by atoms with Crippen LogP contribution in [-0.2, 0) is 6.54 Å². The Morgan fingerprint density at radius 2 is 1.95 bits per heavy atom. The van der Waals surface area contributed by atoms with Crippen molar-refractivity contribution in [2.24, 2.45) is 0 Å². The lowest BCUT2D eigenvalue weighted by Crippen LogP contribution is -2.05. The maximum absolute atomic E-state index is 13.2. The number of nitro benzene ring substituents is 1. The third kappa shape index (κ3) is 3.12. The molecule has 0 aliphatic rings. The van der Waals surface area contributed by atoms with Crippen molar-refractivity contribution < 1.29 is 9.31 Å². The fraction of sp³-hybridized carbons (Fsp3) is 0.200. The molecule has 0 fully saturated rings. The Kier molecular flexibility index (Phi) is 3.98. The molecule has 0 bridgehead atoms. The number of aryl methyl sites for hydroxylation is 2. The number of nitrogens with one attached hydrogen (secondary N) is 1. The quantitative estimate of drug-likeness (QED) is 0.678. The molecule has 0 atom stereocenters. The number of hydrogen-bond donors (Lipinski definition) is 1. The number of anilines is 1. The molecule has 104 valence electrons. The summed E-state index contributed by atoms with van der Waals surface area (Å²) in [4.78, 5) is 10.4. The Morgan fingerprint density at radius 3 is 2.65 bits per heavy atom. The molecule has 0 spiro atoms. The third-order valence-corrected chi connectivity index (χ3v) is 3.10. The zero-order valence-corrected chi connectivity index (χ0v) is 11.3. The van der Waals surface area contributed by atoms with Crippen LogP contribution in [0.3, 0.4) is 0 Å². The van der Waals surface area contributed by atoms with Gasteiger partial charge in [-0.05, 0) is 43.2 Å². The average Bonchev–Trinajstić information content (AvgIpc) is 2.39. The van der Waals surface area contributed by atoms with Gasteiger partial charge in [0.05, 0.1) is 10.5 Å². The van der Waals surface area contributed by atoms with Gasteiger partial charge in [0.15, 0.2) is 0 Å². The minimum absolute atomic E-state index is 0.0794. The minimum atomic E-state index is -0.500. The van der Waals surface area contributed by atoms with Crippen LogP contribution in [0, 0.1) is 29.8 Å². The Hall–Kier alpha value is -2.43. The summed E-state index contributed by atoms with van der Waals surface area (Å²) in [5.41, 5.74) is 3.27. The first kappa shape index (κ1) is 14.0. The van der Waals surface area contributed by atoms with Crippen molar-refractivity contribution in [3.63, 3.8) is 0 Å². The van der Waals surface area contributed by atoms with Gasteiger partial charge >= 0.3 is 0 Å². The maximum atomic E-state index is 13.2. The van der Waals surface area contributed by atoms with Crippen LogP contribution in [0.25, 0.3) is 0 Å². The van der Waals surface area contributed by atoms with Gasteiger partial charge in [-0.2, -0.15) is 0 Å². The van der Waals surface area contributed by atoms with E-state index in [1.165, 1.54) is 12.1 Å². The molecule has 0 saturated heterocycles. The molecule has 0 aliphatic carbocycles. The van der Waals surface area contributed by atoms with Crippen LogP contribution in [0.4, 0.5) is 15.8 Å². The van der Waals surface area contributed by atoms with Gasteiger partial charge in [0, 0.05) is 18.3 Å². The van der Waals surface area contributed by atoms with Crippen molar-refractivity contribution in [1.82, 2.24) is 0 Å². The Balaban J connectivity index is 2.24. The molecule has 4 nitrogen and oxygen atoms in total. The first-order chi connectivity index (χ1) is 9.47. The summed E-state index contributed by atoms with van der Waals surface area (Å²) in [6.07, 6.45) is 0. The molecule has 0 radical (unpaired) electrons. The second-order valence-corrected chi connectivity index (χ2v) is 4.70. The van der Waals surface area contributed by atoms with Crippen molar-refractivity contribution in [3.05, 3.63) is 69.0 Å². The van der Waals surface area contributed by atoms with Crippen LogP contribution in [0.1, 0.15) is 16.7 Å². The molecule has 0 saturated carbocycles. The van der Waals surface area contributed by atoms with Crippen LogP contribution in [0.15, 0.2) is 36.4 Å². The van der Waals surface area contributed by atoms with Gasteiger partial charge in [-0.3, -0.25) is 10.1 Å². The lowest BCUT2D eigenvalue weighted by atomic mass is 10.1. The van der Waals surface area contributed by atoms with Crippen molar-refractivity contribution >= 4 is 11.4 Å². The predicted octanol–water partition coefficient (Wildman–Crippen LogP) is 3.96. The highest BCUT2D eigenvalue weighted by Crippen LogP contribution is 2.22. The van der Waals surface area contributed by atoms with E-state index < -0.39 is 10.7 Å². The number of benzene rings is 2. The third-order valence-electron chi connectivity index (χ3n) is 3.10. The smallest absolute Gasteiger partial charge is 0.274 e. The summed E-state index contributed by atoms with van der Waals surface area (Å²) < 4.78 is 13.2. The minimum Gasteiger partial charge on any atom is -0.380 e. The standard InChI is InChI=1S/C15H15FN2O2/c1-10-3-4-11(2)14(7-10)17-9-12-8-13(16)5-6-15(12)18(19)20/h3-8,17H,9H2,1-2H3. The maximum Gasteiger partial charge on any atom is 0.274 e. The molecule has 0 amide bonds. The molecule has 20 heavy (non-hydrogen) atoms. The lowest BCUT2D eigenvalue weighted by molar-refractivity contribution is -0.385. The molecule has 0 heterocycles. The zero-order chi connectivity index (χ0) is 14.7. The van der Waals surface area contributed by atoms with Crippen LogP contribution >= 0.6 is 0 Å². The van der Waals surface area contributed by atoms with Crippen molar-refractivity contribution in [1.29, 1.82) is 0 Å². The van der Waals surface area contributed by atoms with Gasteiger partial charge < -0.3 is 5.32 Å². The summed E-state index contributed by atoms with van der Waals surface area (Å²) in [6, 6.07) is 9.40. The monoisotopic (exact) mass is 274 g/mol. The van der Waals surface area contributed by atoms with Crippen LogP contribution < -0.4 is 5.32 Å². The van der Waals surface area contributed by atoms with Crippen molar-refractivity contribution in [2.45, 2.75) is 20.4 Å². The highest BCUT2D eigenvalue weighted by Gasteiger charge is 2.14. The summed E-state index contributed by atoms with van der Waals surface area (Å²) in [7, 11) is 0. The number of rotatable bonds is 4. The second-order valence-electron chi connectivity index (χ2n) is 4.70. The van der Waals surface area contributed by atoms with Gasteiger partial charge in [-0.15, -0.1) is 0 Å². The van der Waals surface area contributed by atoms with E-state index in [1.54, 1.807) is 0 Å². The number of nitrogens with zero attached hydrogens (tertiary/aromatic N) is 1. The SMILES string of the molecule is Cc1ccc(C)c(NCc2cc(F)ccc2[N+](=O)[O-])c1. The molecular weight excluding hydrogens is 259 g/mol. The Bertz CT molecular complexity index is 656. The fourth-order valence-corrected chi connectivity index (χ4v) is 1.99. The van der Waals surface area contributed by atoms with E-state index in [2.05, 4.69) is 5.32 Å². The largest absolute Gasteiger partial charge is 0.380 e. The Labute approximate surface area is 116 Å². The second kappa shape index (κ2) is 5.69. The summed E-state index contributed by atoms with van der Waals surface area (Å²) in [6.45, 7) is 4.12. The highest BCUT2D eigenvalue weighted by atomic mass is 19.1. The van der Waals surface area contributed by atoms with E-state index in [4.69, 9.17) is 0 Å². The van der Waals surface area contributed by atoms with Crippen molar-refractivity contribution in [2.75, 3.05) is 5.32 Å². The molecule has 2 rings (SSSR count). The van der Waals surface area contributed by atoms with E-state index in [-0.39, 0.29) is 12.2 Å². The van der Waals surface area contributed by atoms with E-state index in [0.29, 0.717) is 5.56 Å². The molecule has 5 heteroatoms. The molecule has 2 aromatic rings. The van der Waals surface area contributed by atoms with E-state index in [0.717, 1.165) is 22.9 Å². The van der Waals surface area contributed by atoms with Gasteiger partial charge in [0.25, 0.3) is 5.69 Å². The predicted molar refractivity (Wildman–Crippen MR) is 76.3 cm³/mol. The van der Waals surface area contributed by atoms with Crippen LogP contribution in [0.2, 0.25) is 0 Å². The molecule has 2 aromatic carbocycles. The molecule has 0 aromatic heterocycles. The van der Waals surface area contributed by atoms with E-state index in [1.807, 2.05) is 32.0 Å². The van der Waals surface area contributed by atoms with Crippen LogP contribution in [0.5, 0.6) is 0 Å². The van der Waals surface area contributed by atoms with Crippen molar-refractivity contribution in [3.8, 4) is 0 Å². The van der Waals surface area contributed by atoms with E-state index >= 15 is 0 Å². The molecular formula is C15H15FN2O2. The number of halogens is 1. The first-order valence-corrected chi connectivity index (χ1v) is 6.21.